The van der Waals surface area contributed by atoms with Gasteiger partial charge in [-0.25, -0.2) is 0 Å². The van der Waals surface area contributed by atoms with Crippen molar-refractivity contribution in [2.24, 2.45) is 5.41 Å². The third kappa shape index (κ3) is 4.85. The molecule has 3 heterocycles. The van der Waals surface area contributed by atoms with Gasteiger partial charge in [-0.1, -0.05) is 24.3 Å². The van der Waals surface area contributed by atoms with Crippen LogP contribution in [0.25, 0.3) is 0 Å². The van der Waals surface area contributed by atoms with Crippen LogP contribution in [0.5, 0.6) is 0 Å². The van der Waals surface area contributed by atoms with E-state index in [9.17, 15) is 9.59 Å². The van der Waals surface area contributed by atoms with E-state index in [0.29, 0.717) is 25.5 Å². The van der Waals surface area contributed by atoms with Crippen molar-refractivity contribution in [3.05, 3.63) is 35.4 Å². The molecule has 3 aliphatic rings. The molecule has 4 rings (SSSR count). The number of hydrogen-bond donors (Lipinski definition) is 1. The molecule has 0 aromatic heterocycles. The molecule has 1 spiro atoms. The zero-order valence-corrected chi connectivity index (χ0v) is 18.1. The van der Waals surface area contributed by atoms with Gasteiger partial charge in [0, 0.05) is 45.8 Å². The van der Waals surface area contributed by atoms with Crippen LogP contribution in [0.1, 0.15) is 24.0 Å². The van der Waals surface area contributed by atoms with Crippen LogP contribution in [-0.2, 0) is 20.9 Å². The van der Waals surface area contributed by atoms with Gasteiger partial charge in [0.15, 0.2) is 0 Å². The van der Waals surface area contributed by atoms with Crippen molar-refractivity contribution in [2.75, 3.05) is 65.6 Å². The van der Waals surface area contributed by atoms with Crippen LogP contribution in [0, 0.1) is 12.3 Å². The Morgan fingerprint density at radius 2 is 1.83 bits per heavy atom. The molecule has 30 heavy (non-hydrogen) atoms. The maximum Gasteiger partial charge on any atom is 0.234 e. The number of nitrogens with one attached hydrogen (secondary N) is 1. The van der Waals surface area contributed by atoms with Gasteiger partial charge >= 0.3 is 0 Å². The SMILES string of the molecule is Cc1ccccc1CNC(=O)CN1CCC2(CCN(CCN3CCOCC3)C2=O)C1. The van der Waals surface area contributed by atoms with E-state index in [1.54, 1.807) is 0 Å². The van der Waals surface area contributed by atoms with Gasteiger partial charge in [0.1, 0.15) is 0 Å². The average Bonchev–Trinajstić information content (AvgIpc) is 3.30. The lowest BCUT2D eigenvalue weighted by molar-refractivity contribution is -0.136. The van der Waals surface area contributed by atoms with E-state index in [1.807, 2.05) is 23.1 Å². The molecule has 1 aromatic rings. The quantitative estimate of drug-likeness (QED) is 0.717. The molecular weight excluding hydrogens is 380 g/mol. The van der Waals surface area contributed by atoms with Crippen LogP contribution in [-0.4, -0.2) is 92.1 Å². The van der Waals surface area contributed by atoms with Crippen LogP contribution < -0.4 is 5.32 Å². The molecule has 1 unspecified atom stereocenters. The standard InChI is InChI=1S/C23H34N4O3/c1-19-4-2-3-5-20(19)16-24-21(28)17-26-8-6-23(18-26)7-9-27(22(23)29)11-10-25-12-14-30-15-13-25/h2-5H,6-18H2,1H3,(H,24,28). The highest BCUT2D eigenvalue weighted by atomic mass is 16.5. The summed E-state index contributed by atoms with van der Waals surface area (Å²) >= 11 is 0. The lowest BCUT2D eigenvalue weighted by Gasteiger charge is -2.29. The van der Waals surface area contributed by atoms with Gasteiger partial charge in [-0.2, -0.15) is 0 Å². The van der Waals surface area contributed by atoms with E-state index in [-0.39, 0.29) is 11.3 Å². The van der Waals surface area contributed by atoms with Gasteiger partial charge in [-0.3, -0.25) is 19.4 Å². The minimum absolute atomic E-state index is 0.0323. The number of rotatable bonds is 7. The molecule has 164 valence electrons. The highest BCUT2D eigenvalue weighted by molar-refractivity contribution is 5.86. The molecule has 7 nitrogen and oxygen atoms in total. The molecule has 1 atom stereocenters. The second-order valence-electron chi connectivity index (χ2n) is 8.94. The summed E-state index contributed by atoms with van der Waals surface area (Å²) in [5.74, 6) is 0.323. The molecule has 0 bridgehead atoms. The van der Waals surface area contributed by atoms with Crippen molar-refractivity contribution in [2.45, 2.75) is 26.3 Å². The Morgan fingerprint density at radius 1 is 1.07 bits per heavy atom. The number of carbonyl (C=O) groups excluding carboxylic acids is 2. The normalized spacial score (nSPS) is 25.4. The van der Waals surface area contributed by atoms with Crippen molar-refractivity contribution in [1.29, 1.82) is 0 Å². The highest BCUT2D eigenvalue weighted by Crippen LogP contribution is 2.40. The summed E-state index contributed by atoms with van der Waals surface area (Å²) in [7, 11) is 0. The Kier molecular flexibility index (Phi) is 6.71. The Hall–Kier alpha value is -1.96. The Morgan fingerprint density at radius 3 is 2.63 bits per heavy atom. The number of hydrogen-bond acceptors (Lipinski definition) is 5. The fraction of sp³-hybridized carbons (Fsp3) is 0.652. The van der Waals surface area contributed by atoms with E-state index >= 15 is 0 Å². The minimum atomic E-state index is -0.276. The molecule has 3 aliphatic heterocycles. The summed E-state index contributed by atoms with van der Waals surface area (Å²) in [4.78, 5) is 32.1. The van der Waals surface area contributed by atoms with Crippen LogP contribution in [0.3, 0.4) is 0 Å². The average molecular weight is 415 g/mol. The monoisotopic (exact) mass is 414 g/mol. The fourth-order valence-corrected chi connectivity index (χ4v) is 4.93. The van der Waals surface area contributed by atoms with Gasteiger partial charge in [-0.05, 0) is 37.4 Å². The number of carbonyl (C=O) groups is 2. The maximum absolute atomic E-state index is 13.1. The molecule has 2 amide bonds. The summed E-state index contributed by atoms with van der Waals surface area (Å²) in [6, 6.07) is 8.10. The van der Waals surface area contributed by atoms with Gasteiger partial charge in [-0.15, -0.1) is 0 Å². The Bertz CT molecular complexity index is 765. The largest absolute Gasteiger partial charge is 0.379 e. The van der Waals surface area contributed by atoms with E-state index in [4.69, 9.17) is 4.74 Å². The number of amides is 2. The second kappa shape index (κ2) is 9.45. The molecule has 1 aromatic carbocycles. The number of nitrogens with zero attached hydrogens (tertiary/aromatic N) is 3. The Labute approximate surface area is 179 Å². The summed E-state index contributed by atoms with van der Waals surface area (Å²) in [6.45, 7) is 10.6. The molecule has 0 radical (unpaired) electrons. The summed E-state index contributed by atoms with van der Waals surface area (Å²) < 4.78 is 5.40. The van der Waals surface area contributed by atoms with Crippen molar-refractivity contribution in [3.63, 3.8) is 0 Å². The van der Waals surface area contributed by atoms with E-state index in [1.165, 1.54) is 5.56 Å². The summed E-state index contributed by atoms with van der Waals surface area (Å²) in [5, 5.41) is 3.03. The zero-order chi connectivity index (χ0) is 21.0. The van der Waals surface area contributed by atoms with Gasteiger partial charge in [0.25, 0.3) is 0 Å². The zero-order valence-electron chi connectivity index (χ0n) is 18.1. The molecular formula is C23H34N4O3. The number of benzene rings is 1. The predicted octanol–water partition coefficient (Wildman–Crippen LogP) is 0.868. The number of aryl methyl sites for hydroxylation is 1. The smallest absolute Gasteiger partial charge is 0.234 e. The van der Waals surface area contributed by atoms with Crippen LogP contribution in [0.15, 0.2) is 24.3 Å². The molecule has 3 saturated heterocycles. The van der Waals surface area contributed by atoms with Crippen LogP contribution in [0.4, 0.5) is 0 Å². The van der Waals surface area contributed by atoms with Crippen molar-refractivity contribution < 1.29 is 14.3 Å². The number of likely N-dealkylation sites (tertiary alicyclic amines) is 2. The molecule has 1 N–H and O–H groups in total. The molecule has 0 saturated carbocycles. The molecule has 7 heteroatoms. The summed E-state index contributed by atoms with van der Waals surface area (Å²) in [6.07, 6.45) is 1.78. The first-order chi connectivity index (χ1) is 14.6. The van der Waals surface area contributed by atoms with Crippen LogP contribution >= 0.6 is 0 Å². The van der Waals surface area contributed by atoms with Gasteiger partial charge in [0.05, 0.1) is 25.2 Å². The van der Waals surface area contributed by atoms with Crippen LogP contribution in [0.2, 0.25) is 0 Å². The number of morpholine rings is 1. The lowest BCUT2D eigenvalue weighted by Crippen LogP contribution is -2.44. The van der Waals surface area contributed by atoms with Gasteiger partial charge in [0.2, 0.25) is 11.8 Å². The van der Waals surface area contributed by atoms with Crippen molar-refractivity contribution >= 4 is 11.8 Å². The molecule has 0 aliphatic carbocycles. The first-order valence-electron chi connectivity index (χ1n) is 11.2. The fourth-order valence-electron chi connectivity index (χ4n) is 4.93. The van der Waals surface area contributed by atoms with E-state index in [2.05, 4.69) is 28.1 Å². The van der Waals surface area contributed by atoms with Gasteiger partial charge < -0.3 is 15.0 Å². The maximum atomic E-state index is 13.1. The second-order valence-corrected chi connectivity index (χ2v) is 8.94. The van der Waals surface area contributed by atoms with Crippen molar-refractivity contribution in [3.8, 4) is 0 Å². The third-order valence-electron chi connectivity index (χ3n) is 6.93. The highest BCUT2D eigenvalue weighted by Gasteiger charge is 2.50. The number of ether oxygens (including phenoxy) is 1. The first kappa shape index (κ1) is 21.3. The summed E-state index contributed by atoms with van der Waals surface area (Å²) in [5.41, 5.74) is 2.05. The van der Waals surface area contributed by atoms with Crippen molar-refractivity contribution in [1.82, 2.24) is 20.0 Å². The Balaban J connectivity index is 1.22. The molecule has 3 fully saturated rings. The lowest BCUT2D eigenvalue weighted by atomic mass is 9.85. The third-order valence-corrected chi connectivity index (χ3v) is 6.93. The topological polar surface area (TPSA) is 65.1 Å². The first-order valence-corrected chi connectivity index (χ1v) is 11.2. The predicted molar refractivity (Wildman–Crippen MR) is 115 cm³/mol. The van der Waals surface area contributed by atoms with E-state index in [0.717, 1.165) is 70.9 Å². The van der Waals surface area contributed by atoms with E-state index < -0.39 is 0 Å². The minimum Gasteiger partial charge on any atom is -0.379 e.